The first kappa shape index (κ1) is 30.1. The van der Waals surface area contributed by atoms with Crippen LogP contribution in [0.25, 0.3) is 17.2 Å². The molecule has 3 heterocycles. The predicted molar refractivity (Wildman–Crippen MR) is 179 cm³/mol. The minimum atomic E-state index is 0.0399. The monoisotopic (exact) mass is 581 g/mol. The topological polar surface area (TPSA) is 42.1 Å². The van der Waals surface area contributed by atoms with Gasteiger partial charge in [-0.25, -0.2) is 0 Å². The van der Waals surface area contributed by atoms with Crippen LogP contribution in [-0.2, 0) is 4.79 Å². The van der Waals surface area contributed by atoms with Crippen molar-refractivity contribution in [2.45, 2.75) is 57.4 Å². The number of hydrogen-bond donors (Lipinski definition) is 1. The molecule has 6 nitrogen and oxygen atoms in total. The number of carbonyl (C=O) groups is 1. The lowest BCUT2D eigenvalue weighted by atomic mass is 9.94. The molecule has 0 atom stereocenters. The molecule has 0 radical (unpaired) electrons. The normalized spacial score (nSPS) is 24.6. The van der Waals surface area contributed by atoms with E-state index in [0.717, 1.165) is 74.0 Å². The number of fused-ring (bicyclic) bond motifs is 1. The van der Waals surface area contributed by atoms with Crippen molar-refractivity contribution in [2.24, 2.45) is 0 Å². The highest BCUT2D eigenvalue weighted by atomic mass is 16.1. The third-order valence-electron chi connectivity index (χ3n) is 10.1. The van der Waals surface area contributed by atoms with Crippen LogP contribution in [-0.4, -0.2) is 99.1 Å². The summed E-state index contributed by atoms with van der Waals surface area (Å²) >= 11 is 0. The Bertz CT molecular complexity index is 1360. The van der Waals surface area contributed by atoms with E-state index in [1.807, 2.05) is 6.07 Å². The SMILES string of the molecule is CN1CCN(c2ccc(/C3=C/C(C(=O)NCCCN4CCC(N5CCCCC5)CC4)=c4/cccc/c4=C\CC3)cc2)CC1. The lowest BCUT2D eigenvalue weighted by Gasteiger charge is -2.40. The van der Waals surface area contributed by atoms with Gasteiger partial charge < -0.3 is 24.9 Å². The largest absolute Gasteiger partial charge is 0.369 e. The molecule has 6 heteroatoms. The summed E-state index contributed by atoms with van der Waals surface area (Å²) in [5.74, 6) is 0.0399. The Morgan fingerprint density at radius 2 is 1.60 bits per heavy atom. The summed E-state index contributed by atoms with van der Waals surface area (Å²) in [6, 6.07) is 18.2. The van der Waals surface area contributed by atoms with Gasteiger partial charge in [-0.15, -0.1) is 0 Å². The van der Waals surface area contributed by atoms with E-state index < -0.39 is 0 Å². The van der Waals surface area contributed by atoms with Crippen molar-refractivity contribution in [3.63, 3.8) is 0 Å². The van der Waals surface area contributed by atoms with Crippen molar-refractivity contribution in [3.05, 3.63) is 70.6 Å². The molecule has 230 valence electrons. The van der Waals surface area contributed by atoms with Crippen molar-refractivity contribution in [3.8, 4) is 0 Å². The zero-order chi connectivity index (χ0) is 29.4. The molecule has 43 heavy (non-hydrogen) atoms. The fraction of sp³-hybridized carbons (Fsp3) is 0.541. The average Bonchev–Trinajstić information content (AvgIpc) is 3.05. The Labute approximate surface area is 258 Å². The zero-order valence-corrected chi connectivity index (χ0v) is 26.3. The number of piperidine rings is 2. The average molecular weight is 582 g/mol. The second kappa shape index (κ2) is 14.7. The van der Waals surface area contributed by atoms with Crippen LogP contribution in [0.4, 0.5) is 5.69 Å². The fourth-order valence-electron chi connectivity index (χ4n) is 7.39. The molecular formula is C37H51N5O. The van der Waals surface area contributed by atoms with Gasteiger partial charge in [-0.3, -0.25) is 4.79 Å². The molecule has 0 unspecified atom stereocenters. The molecule has 0 spiro atoms. The maximum Gasteiger partial charge on any atom is 0.251 e. The molecule has 3 fully saturated rings. The number of likely N-dealkylation sites (N-methyl/N-ethyl adjacent to an activating group) is 1. The molecular weight excluding hydrogens is 530 g/mol. The lowest BCUT2D eigenvalue weighted by Crippen LogP contribution is -2.47. The number of carbonyl (C=O) groups excluding carboxylic acids is 1. The summed E-state index contributed by atoms with van der Waals surface area (Å²) in [4.78, 5) is 23.9. The van der Waals surface area contributed by atoms with Crippen LogP contribution in [0.2, 0.25) is 0 Å². The van der Waals surface area contributed by atoms with E-state index >= 15 is 0 Å². The molecule has 1 aliphatic carbocycles. The molecule has 1 N–H and O–H groups in total. The van der Waals surface area contributed by atoms with Gasteiger partial charge >= 0.3 is 0 Å². The van der Waals surface area contributed by atoms with Gasteiger partial charge in [0, 0.05) is 50.0 Å². The van der Waals surface area contributed by atoms with E-state index in [4.69, 9.17) is 0 Å². The first-order chi connectivity index (χ1) is 21.1. The Hall–Kier alpha value is -2.93. The van der Waals surface area contributed by atoms with Gasteiger partial charge in [-0.2, -0.15) is 0 Å². The highest BCUT2D eigenvalue weighted by molar-refractivity contribution is 6.18. The molecule has 3 aliphatic heterocycles. The number of rotatable bonds is 8. The third-order valence-corrected chi connectivity index (χ3v) is 10.1. The van der Waals surface area contributed by atoms with Gasteiger partial charge in [-0.1, -0.05) is 48.9 Å². The molecule has 4 aliphatic rings. The molecule has 2 aromatic rings. The lowest BCUT2D eigenvalue weighted by molar-refractivity contribution is -0.115. The van der Waals surface area contributed by atoms with Gasteiger partial charge in [0.15, 0.2) is 0 Å². The Morgan fingerprint density at radius 1 is 0.860 bits per heavy atom. The van der Waals surface area contributed by atoms with E-state index in [-0.39, 0.29) is 5.91 Å². The van der Waals surface area contributed by atoms with Crippen LogP contribution < -0.4 is 20.7 Å². The number of benzene rings is 2. The molecule has 6 rings (SSSR count). The minimum Gasteiger partial charge on any atom is -0.369 e. The highest BCUT2D eigenvalue weighted by Gasteiger charge is 2.25. The molecule has 0 aromatic heterocycles. The Morgan fingerprint density at radius 3 is 2.37 bits per heavy atom. The van der Waals surface area contributed by atoms with Crippen LogP contribution in [0.1, 0.15) is 56.9 Å². The summed E-state index contributed by atoms with van der Waals surface area (Å²) in [5, 5.41) is 5.48. The van der Waals surface area contributed by atoms with E-state index in [1.165, 1.54) is 75.1 Å². The number of amides is 1. The Balaban J connectivity index is 1.09. The second-order valence-corrected chi connectivity index (χ2v) is 13.0. The maximum atomic E-state index is 13.7. The number of allylic oxidation sites excluding steroid dienone is 1. The number of piperazine rings is 1. The fourth-order valence-corrected chi connectivity index (χ4v) is 7.39. The van der Waals surface area contributed by atoms with Crippen molar-refractivity contribution in [1.29, 1.82) is 0 Å². The number of likely N-dealkylation sites (tertiary alicyclic amines) is 2. The van der Waals surface area contributed by atoms with E-state index in [1.54, 1.807) is 0 Å². The summed E-state index contributed by atoms with van der Waals surface area (Å²) in [6.07, 6.45) is 14.1. The quantitative estimate of drug-likeness (QED) is 0.482. The first-order valence-corrected chi connectivity index (χ1v) is 16.9. The van der Waals surface area contributed by atoms with Gasteiger partial charge in [-0.05, 0) is 124 Å². The number of anilines is 1. The summed E-state index contributed by atoms with van der Waals surface area (Å²) in [7, 11) is 2.19. The number of hydrogen-bond acceptors (Lipinski definition) is 5. The van der Waals surface area contributed by atoms with Gasteiger partial charge in [0.1, 0.15) is 0 Å². The predicted octanol–water partition coefficient (Wildman–Crippen LogP) is 3.70. The summed E-state index contributed by atoms with van der Waals surface area (Å²) in [6.45, 7) is 11.1. The standard InChI is InChI=1S/C37H51N5O/c1-39-25-27-42(28-26-39)33-15-13-30(14-16-33)32-11-7-10-31-9-3-4-12-35(31)36(29-32)37(43)38-19-8-20-40-23-17-34(18-24-40)41-21-5-2-6-22-41/h3-4,9-10,12-16,29,34H,2,5-8,11,17-28H2,1H3,(H,38,43)/b31-10+,32-29+,36-35+. The minimum absolute atomic E-state index is 0.0399. The van der Waals surface area contributed by atoms with Crippen molar-refractivity contribution < 1.29 is 4.79 Å². The third kappa shape index (κ3) is 7.78. The maximum absolute atomic E-state index is 13.7. The van der Waals surface area contributed by atoms with Gasteiger partial charge in [0.05, 0.1) is 0 Å². The molecule has 0 bridgehead atoms. The van der Waals surface area contributed by atoms with Gasteiger partial charge in [0.25, 0.3) is 5.91 Å². The van der Waals surface area contributed by atoms with Gasteiger partial charge in [0.2, 0.25) is 0 Å². The van der Waals surface area contributed by atoms with E-state index in [0.29, 0.717) is 6.54 Å². The second-order valence-electron chi connectivity index (χ2n) is 13.0. The Kier molecular flexibility index (Phi) is 10.3. The first-order valence-electron chi connectivity index (χ1n) is 16.9. The number of nitrogens with zero attached hydrogens (tertiary/aromatic N) is 4. The number of nitrogens with one attached hydrogen (secondary N) is 1. The van der Waals surface area contributed by atoms with Crippen LogP contribution in [0.5, 0.6) is 0 Å². The molecule has 3 saturated heterocycles. The summed E-state index contributed by atoms with van der Waals surface area (Å²) in [5.41, 5.74) is 4.52. The van der Waals surface area contributed by atoms with E-state index in [9.17, 15) is 4.79 Å². The van der Waals surface area contributed by atoms with E-state index in [2.05, 4.69) is 86.6 Å². The highest BCUT2D eigenvalue weighted by Crippen LogP contribution is 2.26. The molecule has 2 aromatic carbocycles. The van der Waals surface area contributed by atoms with Crippen LogP contribution in [0.15, 0.2) is 54.6 Å². The van der Waals surface area contributed by atoms with Crippen LogP contribution >= 0.6 is 0 Å². The van der Waals surface area contributed by atoms with Crippen LogP contribution in [0, 0.1) is 0 Å². The molecule has 1 amide bonds. The molecule has 0 saturated carbocycles. The summed E-state index contributed by atoms with van der Waals surface area (Å²) < 4.78 is 0. The smallest absolute Gasteiger partial charge is 0.251 e. The van der Waals surface area contributed by atoms with Crippen molar-refractivity contribution in [2.75, 3.05) is 77.4 Å². The van der Waals surface area contributed by atoms with Crippen LogP contribution in [0.3, 0.4) is 0 Å². The van der Waals surface area contributed by atoms with Crippen molar-refractivity contribution >= 4 is 28.8 Å². The zero-order valence-electron chi connectivity index (χ0n) is 26.3. The van der Waals surface area contributed by atoms with Crippen molar-refractivity contribution in [1.82, 2.24) is 20.0 Å².